The average molecular weight is 399 g/mol. The van der Waals surface area contributed by atoms with Crippen LogP contribution in [0.3, 0.4) is 0 Å². The predicted octanol–water partition coefficient (Wildman–Crippen LogP) is 2.80. The molecule has 6 rings (SSSR count). The van der Waals surface area contributed by atoms with Gasteiger partial charge in [0.05, 0.1) is 12.1 Å². The van der Waals surface area contributed by atoms with Crippen LogP contribution in [0.15, 0.2) is 16.7 Å². The second-order valence-corrected chi connectivity index (χ2v) is 8.79. The van der Waals surface area contributed by atoms with E-state index < -0.39 is 0 Å². The van der Waals surface area contributed by atoms with E-state index in [-0.39, 0.29) is 36.0 Å². The van der Waals surface area contributed by atoms with Gasteiger partial charge in [-0.2, -0.15) is 5.10 Å². The Balaban J connectivity index is 1.10. The number of rotatable bonds is 6. The van der Waals surface area contributed by atoms with Crippen LogP contribution in [0.5, 0.6) is 0 Å². The van der Waals surface area contributed by atoms with Gasteiger partial charge >= 0.3 is 6.09 Å². The van der Waals surface area contributed by atoms with Crippen molar-refractivity contribution in [2.24, 2.45) is 5.92 Å². The van der Waals surface area contributed by atoms with E-state index in [1.807, 2.05) is 13.0 Å². The van der Waals surface area contributed by atoms with Gasteiger partial charge in [0.25, 0.3) is 0 Å². The second kappa shape index (κ2) is 6.89. The Hall–Kier alpha value is -2.84. The van der Waals surface area contributed by atoms with Crippen molar-refractivity contribution in [2.45, 2.75) is 69.4 Å². The number of aromatic nitrogens is 3. The second-order valence-electron chi connectivity index (χ2n) is 8.79. The van der Waals surface area contributed by atoms with Crippen LogP contribution in [0, 0.1) is 12.8 Å². The number of carbonyl (C=O) groups is 2. The molecule has 4 saturated carbocycles. The highest BCUT2D eigenvalue weighted by Crippen LogP contribution is 2.57. The van der Waals surface area contributed by atoms with Crippen LogP contribution < -0.4 is 10.6 Å². The minimum atomic E-state index is -0.283. The Morgan fingerprint density at radius 2 is 2.14 bits per heavy atom. The lowest BCUT2D eigenvalue weighted by Crippen LogP contribution is -2.68. The van der Waals surface area contributed by atoms with Crippen LogP contribution in [-0.2, 0) is 16.0 Å². The maximum absolute atomic E-state index is 12.1. The van der Waals surface area contributed by atoms with Crippen LogP contribution in [-0.4, -0.2) is 39.0 Å². The lowest BCUT2D eigenvalue weighted by Gasteiger charge is -2.61. The molecule has 3 N–H and O–H groups in total. The van der Waals surface area contributed by atoms with Crippen molar-refractivity contribution in [2.75, 3.05) is 5.32 Å². The third kappa shape index (κ3) is 3.73. The van der Waals surface area contributed by atoms with Gasteiger partial charge in [0.15, 0.2) is 5.82 Å². The zero-order valence-corrected chi connectivity index (χ0v) is 16.4. The fraction of sp³-hybridized carbons (Fsp3) is 0.600. The van der Waals surface area contributed by atoms with Gasteiger partial charge in [0.1, 0.15) is 11.9 Å². The Kier molecular flexibility index (Phi) is 4.33. The molecule has 9 heteroatoms. The topological polar surface area (TPSA) is 122 Å². The van der Waals surface area contributed by atoms with Crippen molar-refractivity contribution in [1.82, 2.24) is 20.7 Å². The molecule has 2 aromatic rings. The van der Waals surface area contributed by atoms with Gasteiger partial charge in [-0.1, -0.05) is 5.16 Å². The summed E-state index contributed by atoms with van der Waals surface area (Å²) >= 11 is 0. The largest absolute Gasteiger partial charge is 0.446 e. The summed E-state index contributed by atoms with van der Waals surface area (Å²) in [6.45, 7) is 1.81. The lowest BCUT2D eigenvalue weighted by atomic mass is 9.50. The predicted molar refractivity (Wildman–Crippen MR) is 102 cm³/mol. The third-order valence-electron chi connectivity index (χ3n) is 6.38. The summed E-state index contributed by atoms with van der Waals surface area (Å²) in [7, 11) is 0. The summed E-state index contributed by atoms with van der Waals surface area (Å²) in [6.07, 6.45) is 5.57. The fourth-order valence-corrected chi connectivity index (χ4v) is 4.81. The molecule has 29 heavy (non-hydrogen) atoms. The van der Waals surface area contributed by atoms with Gasteiger partial charge in [-0.3, -0.25) is 9.89 Å². The van der Waals surface area contributed by atoms with Gasteiger partial charge in [-0.05, 0) is 51.4 Å². The monoisotopic (exact) mass is 399 g/mol. The number of aromatic amines is 1. The molecular weight excluding hydrogens is 374 g/mol. The first-order chi connectivity index (χ1) is 14.0. The number of nitrogens with zero attached hydrogens (tertiary/aromatic N) is 2. The number of H-pyrrole nitrogens is 1. The molecule has 4 aliphatic carbocycles. The fourth-order valence-electron chi connectivity index (χ4n) is 4.81. The quantitative estimate of drug-likeness (QED) is 0.687. The van der Waals surface area contributed by atoms with Crippen LogP contribution in [0.25, 0.3) is 0 Å². The molecule has 4 fully saturated rings. The molecule has 0 aliphatic heterocycles. The number of aryl methyl sites for hydroxylation is 1. The molecule has 0 radical (unpaired) electrons. The summed E-state index contributed by atoms with van der Waals surface area (Å²) < 4.78 is 10.7. The van der Waals surface area contributed by atoms with E-state index in [1.54, 1.807) is 6.07 Å². The van der Waals surface area contributed by atoms with Crippen LogP contribution in [0.4, 0.5) is 10.6 Å². The number of hydrogen-bond donors (Lipinski definition) is 3. The maximum atomic E-state index is 12.1. The Labute approximate surface area is 167 Å². The van der Waals surface area contributed by atoms with Gasteiger partial charge in [-0.25, -0.2) is 4.79 Å². The number of ether oxygens (including phenoxy) is 1. The van der Waals surface area contributed by atoms with Crippen molar-refractivity contribution >= 4 is 17.8 Å². The number of anilines is 1. The first-order valence-electron chi connectivity index (χ1n) is 10.2. The molecule has 0 unspecified atom stereocenters. The summed E-state index contributed by atoms with van der Waals surface area (Å²) in [6, 6.07) is 3.58. The number of carbonyl (C=O) groups excluding carboxylic acids is 2. The van der Waals surface area contributed by atoms with Gasteiger partial charge in [0, 0.05) is 29.3 Å². The zero-order valence-electron chi connectivity index (χ0n) is 16.4. The van der Waals surface area contributed by atoms with E-state index in [4.69, 9.17) is 9.26 Å². The molecule has 2 atom stereocenters. The lowest BCUT2D eigenvalue weighted by molar-refractivity contribution is -0.115. The van der Waals surface area contributed by atoms with Crippen LogP contribution in [0.2, 0.25) is 0 Å². The Bertz CT molecular complexity index is 918. The molecule has 2 aromatic heterocycles. The van der Waals surface area contributed by atoms with E-state index in [9.17, 15) is 9.59 Å². The minimum absolute atomic E-state index is 0.0423. The standard InChI is InChI=1S/C20H25N5O4/c1-11-4-15(29-25-11)6-18(26)21-17-7-16(23-24-17)13-2-3-14(5-13)28-19(27)22-20-8-12(9-20)10-20/h4,7,12-14H,2-3,5-6,8-10H2,1H3,(H,22,27)(H2,21,23,24,26)/t12?,13-,14-,20?/m1/s1. The molecule has 0 saturated heterocycles. The summed E-state index contributed by atoms with van der Waals surface area (Å²) in [5.74, 6) is 1.84. The summed E-state index contributed by atoms with van der Waals surface area (Å²) in [5, 5.41) is 16.8. The Morgan fingerprint density at radius 3 is 2.83 bits per heavy atom. The minimum Gasteiger partial charge on any atom is -0.446 e. The molecular formula is C20H25N5O4. The van der Waals surface area contributed by atoms with Crippen LogP contribution >= 0.6 is 0 Å². The first kappa shape index (κ1) is 18.2. The van der Waals surface area contributed by atoms with Crippen molar-refractivity contribution in [3.63, 3.8) is 0 Å². The first-order valence-corrected chi connectivity index (χ1v) is 10.2. The zero-order chi connectivity index (χ0) is 20.0. The number of hydrogen-bond acceptors (Lipinski definition) is 6. The van der Waals surface area contributed by atoms with E-state index in [0.29, 0.717) is 11.6 Å². The Morgan fingerprint density at radius 1 is 1.31 bits per heavy atom. The van der Waals surface area contributed by atoms with Gasteiger partial charge in [-0.15, -0.1) is 0 Å². The smallest absolute Gasteiger partial charge is 0.407 e. The number of nitrogens with one attached hydrogen (secondary N) is 3. The van der Waals surface area contributed by atoms with E-state index >= 15 is 0 Å². The molecule has 154 valence electrons. The van der Waals surface area contributed by atoms with Crippen molar-refractivity contribution in [3.8, 4) is 0 Å². The average Bonchev–Trinajstić information content (AvgIpc) is 3.32. The highest BCUT2D eigenvalue weighted by molar-refractivity contribution is 5.91. The molecule has 2 heterocycles. The van der Waals surface area contributed by atoms with E-state index in [0.717, 1.165) is 55.8 Å². The van der Waals surface area contributed by atoms with Crippen LogP contribution in [0.1, 0.15) is 61.6 Å². The summed E-state index contributed by atoms with van der Waals surface area (Å²) in [4.78, 5) is 24.3. The normalized spacial score (nSPS) is 29.6. The molecule has 9 nitrogen and oxygen atoms in total. The third-order valence-corrected chi connectivity index (χ3v) is 6.38. The molecule has 4 aliphatic rings. The number of alkyl carbamates (subject to hydrolysis) is 1. The van der Waals surface area contributed by atoms with E-state index in [2.05, 4.69) is 26.0 Å². The molecule has 0 spiro atoms. The molecule has 0 aromatic carbocycles. The van der Waals surface area contributed by atoms with E-state index in [1.165, 1.54) is 0 Å². The highest BCUT2D eigenvalue weighted by Gasteiger charge is 2.57. The SMILES string of the molecule is Cc1cc(CC(=O)Nc2cc([C@@H]3CC[C@@H](OC(=O)NC45CC(C4)C5)C3)[nH]n2)on1. The van der Waals surface area contributed by atoms with Gasteiger partial charge in [0.2, 0.25) is 5.91 Å². The number of amides is 2. The van der Waals surface area contributed by atoms with Crippen molar-refractivity contribution in [1.29, 1.82) is 0 Å². The maximum Gasteiger partial charge on any atom is 0.407 e. The van der Waals surface area contributed by atoms with Gasteiger partial charge < -0.3 is 19.9 Å². The molecule has 2 amide bonds. The van der Waals surface area contributed by atoms with Crippen molar-refractivity contribution in [3.05, 3.63) is 29.3 Å². The highest BCUT2D eigenvalue weighted by atomic mass is 16.6. The molecule has 2 bridgehead atoms. The summed E-state index contributed by atoms with van der Waals surface area (Å²) in [5.41, 5.74) is 1.73. The van der Waals surface area contributed by atoms with Crippen molar-refractivity contribution < 1.29 is 18.8 Å².